The van der Waals surface area contributed by atoms with Crippen LogP contribution in [0.4, 0.5) is 5.69 Å². The summed E-state index contributed by atoms with van der Waals surface area (Å²) in [6.45, 7) is 7.10. The lowest BCUT2D eigenvalue weighted by Gasteiger charge is -2.19. The minimum atomic E-state index is 0.0609. The van der Waals surface area contributed by atoms with Gasteiger partial charge in [-0.15, -0.1) is 0 Å². The SMILES string of the molecule is CCCn1cc(NC(CC)c2ccc(C)cc2)ccc1=O. The molecule has 0 aliphatic heterocycles. The predicted octanol–water partition coefficient (Wildman–Crippen LogP) is 4.13. The number of pyridine rings is 1. The molecule has 0 aliphatic rings. The van der Waals surface area contributed by atoms with E-state index >= 15 is 0 Å². The molecule has 0 aliphatic carbocycles. The molecule has 0 amide bonds. The van der Waals surface area contributed by atoms with Crippen LogP contribution in [0.3, 0.4) is 0 Å². The first-order chi connectivity index (χ1) is 10.1. The molecule has 2 rings (SSSR count). The first-order valence-corrected chi connectivity index (χ1v) is 7.67. The van der Waals surface area contributed by atoms with Crippen LogP contribution in [0.1, 0.15) is 43.9 Å². The van der Waals surface area contributed by atoms with Crippen LogP contribution in [0.25, 0.3) is 0 Å². The second-order valence-electron chi connectivity index (χ2n) is 5.47. The van der Waals surface area contributed by atoms with Gasteiger partial charge in [-0.1, -0.05) is 43.7 Å². The summed E-state index contributed by atoms with van der Waals surface area (Å²) >= 11 is 0. The van der Waals surface area contributed by atoms with E-state index in [4.69, 9.17) is 0 Å². The molecular formula is C18H24N2O. The standard InChI is InChI=1S/C18H24N2O/c1-4-12-20-13-16(10-11-18(20)21)19-17(5-2)15-8-6-14(3)7-9-15/h6-11,13,17,19H,4-5,12H2,1-3H3. The van der Waals surface area contributed by atoms with E-state index in [0.717, 1.165) is 25.1 Å². The molecule has 2 aromatic rings. The largest absolute Gasteiger partial charge is 0.377 e. The van der Waals surface area contributed by atoms with Crippen LogP contribution in [-0.4, -0.2) is 4.57 Å². The van der Waals surface area contributed by atoms with Gasteiger partial charge in [-0.2, -0.15) is 0 Å². The molecule has 1 N–H and O–H groups in total. The van der Waals surface area contributed by atoms with Gasteiger partial charge in [-0.3, -0.25) is 4.79 Å². The van der Waals surface area contributed by atoms with E-state index in [1.54, 1.807) is 10.6 Å². The van der Waals surface area contributed by atoms with E-state index < -0.39 is 0 Å². The number of aromatic nitrogens is 1. The van der Waals surface area contributed by atoms with Crippen LogP contribution in [-0.2, 0) is 6.54 Å². The van der Waals surface area contributed by atoms with Crippen molar-refractivity contribution < 1.29 is 0 Å². The highest BCUT2D eigenvalue weighted by Crippen LogP contribution is 2.22. The summed E-state index contributed by atoms with van der Waals surface area (Å²) < 4.78 is 1.77. The quantitative estimate of drug-likeness (QED) is 0.865. The third kappa shape index (κ3) is 3.97. The number of hydrogen-bond donors (Lipinski definition) is 1. The summed E-state index contributed by atoms with van der Waals surface area (Å²) in [6.07, 6.45) is 3.87. The molecule has 21 heavy (non-hydrogen) atoms. The van der Waals surface area contributed by atoms with Gasteiger partial charge < -0.3 is 9.88 Å². The van der Waals surface area contributed by atoms with Crippen LogP contribution >= 0.6 is 0 Å². The number of benzene rings is 1. The monoisotopic (exact) mass is 284 g/mol. The highest BCUT2D eigenvalue weighted by atomic mass is 16.1. The van der Waals surface area contributed by atoms with Gasteiger partial charge >= 0.3 is 0 Å². The van der Waals surface area contributed by atoms with E-state index in [1.807, 2.05) is 12.3 Å². The van der Waals surface area contributed by atoms with E-state index in [-0.39, 0.29) is 11.6 Å². The molecule has 1 unspecified atom stereocenters. The topological polar surface area (TPSA) is 34.0 Å². The lowest BCUT2D eigenvalue weighted by atomic mass is 10.0. The Morgan fingerprint density at radius 2 is 1.81 bits per heavy atom. The zero-order valence-electron chi connectivity index (χ0n) is 13.1. The Morgan fingerprint density at radius 1 is 1.10 bits per heavy atom. The Kier molecular flexibility index (Phi) is 5.20. The molecule has 112 valence electrons. The number of hydrogen-bond acceptors (Lipinski definition) is 2. The second-order valence-corrected chi connectivity index (χ2v) is 5.47. The third-order valence-electron chi connectivity index (χ3n) is 3.68. The second kappa shape index (κ2) is 7.11. The molecule has 0 fully saturated rings. The Hall–Kier alpha value is -2.03. The van der Waals surface area contributed by atoms with Gasteiger partial charge in [-0.05, 0) is 31.4 Å². The minimum absolute atomic E-state index is 0.0609. The molecule has 1 heterocycles. The highest BCUT2D eigenvalue weighted by molar-refractivity contribution is 5.43. The van der Waals surface area contributed by atoms with Crippen molar-refractivity contribution in [2.75, 3.05) is 5.32 Å². The molecule has 0 saturated heterocycles. The summed E-state index contributed by atoms with van der Waals surface area (Å²) in [7, 11) is 0. The average molecular weight is 284 g/mol. The highest BCUT2D eigenvalue weighted by Gasteiger charge is 2.09. The zero-order chi connectivity index (χ0) is 15.2. The van der Waals surface area contributed by atoms with Gasteiger partial charge in [0.1, 0.15) is 0 Å². The number of nitrogens with one attached hydrogen (secondary N) is 1. The summed E-state index contributed by atoms with van der Waals surface area (Å²) in [6, 6.07) is 12.4. The molecule has 0 bridgehead atoms. The maximum atomic E-state index is 11.8. The summed E-state index contributed by atoms with van der Waals surface area (Å²) in [5, 5.41) is 3.53. The molecule has 1 atom stereocenters. The Bertz CT molecular complexity index is 628. The van der Waals surface area contributed by atoms with Gasteiger partial charge in [0, 0.05) is 18.8 Å². The van der Waals surface area contributed by atoms with Gasteiger partial charge in [0.05, 0.1) is 11.7 Å². The van der Waals surface area contributed by atoms with Crippen molar-refractivity contribution in [3.8, 4) is 0 Å². The van der Waals surface area contributed by atoms with Gasteiger partial charge in [-0.25, -0.2) is 0 Å². The van der Waals surface area contributed by atoms with Crippen molar-refractivity contribution in [3.63, 3.8) is 0 Å². The van der Waals surface area contributed by atoms with Crippen LogP contribution in [0.2, 0.25) is 0 Å². The van der Waals surface area contributed by atoms with Crippen LogP contribution < -0.4 is 10.9 Å². The van der Waals surface area contributed by atoms with Crippen molar-refractivity contribution in [2.24, 2.45) is 0 Å². The number of aryl methyl sites for hydroxylation is 2. The Labute approximate surface area is 126 Å². The molecule has 0 saturated carbocycles. The summed E-state index contributed by atoms with van der Waals surface area (Å²) in [5.74, 6) is 0. The first-order valence-electron chi connectivity index (χ1n) is 7.67. The van der Waals surface area contributed by atoms with Crippen molar-refractivity contribution >= 4 is 5.69 Å². The molecule has 1 aromatic heterocycles. The van der Waals surface area contributed by atoms with E-state index in [9.17, 15) is 4.79 Å². The van der Waals surface area contributed by atoms with E-state index in [0.29, 0.717) is 0 Å². The maximum absolute atomic E-state index is 11.8. The van der Waals surface area contributed by atoms with Crippen LogP contribution in [0.5, 0.6) is 0 Å². The fourth-order valence-electron chi connectivity index (χ4n) is 2.45. The first kappa shape index (κ1) is 15.4. The van der Waals surface area contributed by atoms with E-state index in [1.165, 1.54) is 11.1 Å². The maximum Gasteiger partial charge on any atom is 0.250 e. The van der Waals surface area contributed by atoms with Crippen LogP contribution in [0, 0.1) is 6.92 Å². The zero-order valence-corrected chi connectivity index (χ0v) is 13.1. The van der Waals surface area contributed by atoms with Crippen molar-refractivity contribution in [1.82, 2.24) is 4.57 Å². The van der Waals surface area contributed by atoms with Gasteiger partial charge in [0.2, 0.25) is 0 Å². The van der Waals surface area contributed by atoms with Crippen molar-refractivity contribution in [3.05, 3.63) is 64.1 Å². The van der Waals surface area contributed by atoms with Crippen molar-refractivity contribution in [1.29, 1.82) is 0 Å². The fraction of sp³-hybridized carbons (Fsp3) is 0.389. The van der Waals surface area contributed by atoms with Gasteiger partial charge in [0.15, 0.2) is 0 Å². The predicted molar refractivity (Wildman–Crippen MR) is 88.8 cm³/mol. The molecular weight excluding hydrogens is 260 g/mol. The number of rotatable bonds is 6. The lowest BCUT2D eigenvalue weighted by molar-refractivity contribution is 0.652. The van der Waals surface area contributed by atoms with Crippen molar-refractivity contribution in [2.45, 2.75) is 46.2 Å². The summed E-state index contributed by atoms with van der Waals surface area (Å²) in [5.41, 5.74) is 3.60. The van der Waals surface area contributed by atoms with Crippen LogP contribution in [0.15, 0.2) is 47.4 Å². The Balaban J connectivity index is 2.20. The summed E-state index contributed by atoms with van der Waals surface area (Å²) in [4.78, 5) is 11.8. The molecule has 0 spiro atoms. The fourth-order valence-corrected chi connectivity index (χ4v) is 2.45. The normalized spacial score (nSPS) is 12.1. The Morgan fingerprint density at radius 3 is 2.43 bits per heavy atom. The molecule has 3 heteroatoms. The average Bonchev–Trinajstić information content (AvgIpc) is 2.49. The number of nitrogens with zero attached hydrogens (tertiary/aromatic N) is 1. The molecule has 1 aromatic carbocycles. The lowest BCUT2D eigenvalue weighted by Crippen LogP contribution is -2.19. The smallest absolute Gasteiger partial charge is 0.250 e. The van der Waals surface area contributed by atoms with Gasteiger partial charge in [0.25, 0.3) is 5.56 Å². The molecule has 3 nitrogen and oxygen atoms in total. The number of anilines is 1. The van der Waals surface area contributed by atoms with E-state index in [2.05, 4.69) is 50.4 Å². The minimum Gasteiger partial charge on any atom is -0.377 e. The molecule has 0 radical (unpaired) electrons. The third-order valence-corrected chi connectivity index (χ3v) is 3.68.